The molecule has 1 aliphatic rings. The van der Waals surface area contributed by atoms with E-state index in [9.17, 15) is 4.79 Å². The molecule has 2 heterocycles. The Morgan fingerprint density at radius 3 is 3.14 bits per heavy atom. The Morgan fingerprint density at radius 2 is 2.57 bits per heavy atom. The first kappa shape index (κ1) is 8.87. The van der Waals surface area contributed by atoms with Gasteiger partial charge in [0, 0.05) is 0 Å². The highest BCUT2D eigenvalue weighted by Gasteiger charge is 2.23. The summed E-state index contributed by atoms with van der Waals surface area (Å²) in [6.07, 6.45) is 3.14. The van der Waals surface area contributed by atoms with Gasteiger partial charge < -0.3 is 14.5 Å². The van der Waals surface area contributed by atoms with Crippen molar-refractivity contribution >= 4 is 12.2 Å². The summed E-state index contributed by atoms with van der Waals surface area (Å²) in [5.74, 6) is 0.781. The third kappa shape index (κ3) is 1.79. The van der Waals surface area contributed by atoms with Crippen molar-refractivity contribution in [2.24, 2.45) is 0 Å². The van der Waals surface area contributed by atoms with Gasteiger partial charge in [-0.15, -0.1) is 0 Å². The zero-order valence-corrected chi connectivity index (χ0v) is 7.82. The fraction of sp³-hybridized carbons (Fsp3) is 0.300. The first-order valence-electron chi connectivity index (χ1n) is 4.41. The Morgan fingerprint density at radius 1 is 1.71 bits per heavy atom. The third-order valence-corrected chi connectivity index (χ3v) is 2.14. The molecular weight excluding hydrogens is 182 g/mol. The Kier molecular flexibility index (Phi) is 2.26. The highest BCUT2D eigenvalue weighted by atomic mass is 16.6. The summed E-state index contributed by atoms with van der Waals surface area (Å²) in [5, 5.41) is 2.69. The SMILES string of the molecule is C/C(=C\c1ccco1)C1COC(=O)N1. The Bertz CT molecular complexity index is 353. The van der Waals surface area contributed by atoms with Gasteiger partial charge in [0.25, 0.3) is 0 Å². The highest BCUT2D eigenvalue weighted by molar-refractivity contribution is 5.71. The Hall–Kier alpha value is -1.71. The van der Waals surface area contributed by atoms with Crippen molar-refractivity contribution in [3.8, 4) is 0 Å². The fourth-order valence-electron chi connectivity index (χ4n) is 1.33. The van der Waals surface area contributed by atoms with Crippen molar-refractivity contribution in [3.63, 3.8) is 0 Å². The number of furan rings is 1. The van der Waals surface area contributed by atoms with Crippen molar-refractivity contribution in [1.82, 2.24) is 5.32 Å². The van der Waals surface area contributed by atoms with E-state index in [0.717, 1.165) is 11.3 Å². The second kappa shape index (κ2) is 3.57. The van der Waals surface area contributed by atoms with Crippen LogP contribution in [0.2, 0.25) is 0 Å². The molecule has 0 saturated carbocycles. The number of alkyl carbamates (subject to hydrolysis) is 1. The molecule has 2 rings (SSSR count). The lowest BCUT2D eigenvalue weighted by Crippen LogP contribution is -2.26. The van der Waals surface area contributed by atoms with Crippen molar-refractivity contribution in [2.75, 3.05) is 6.61 Å². The summed E-state index contributed by atoms with van der Waals surface area (Å²) < 4.78 is 9.94. The fourth-order valence-corrected chi connectivity index (χ4v) is 1.33. The molecule has 0 radical (unpaired) electrons. The molecule has 1 amide bonds. The van der Waals surface area contributed by atoms with Gasteiger partial charge in [0.15, 0.2) is 0 Å². The van der Waals surface area contributed by atoms with E-state index in [0.29, 0.717) is 6.61 Å². The summed E-state index contributed by atoms with van der Waals surface area (Å²) in [4.78, 5) is 10.8. The monoisotopic (exact) mass is 193 g/mol. The molecule has 0 aromatic carbocycles. The summed E-state index contributed by atoms with van der Waals surface area (Å²) in [6, 6.07) is 3.65. The van der Waals surface area contributed by atoms with Crippen LogP contribution in [0.25, 0.3) is 6.08 Å². The molecule has 1 atom stereocenters. The number of carbonyl (C=O) groups excluding carboxylic acids is 1. The number of hydrogen-bond donors (Lipinski definition) is 1. The second-order valence-electron chi connectivity index (χ2n) is 3.20. The molecule has 14 heavy (non-hydrogen) atoms. The van der Waals surface area contributed by atoms with Crippen LogP contribution >= 0.6 is 0 Å². The van der Waals surface area contributed by atoms with E-state index in [-0.39, 0.29) is 12.1 Å². The summed E-state index contributed by atoms with van der Waals surface area (Å²) in [6.45, 7) is 2.32. The van der Waals surface area contributed by atoms with Gasteiger partial charge in [0.2, 0.25) is 0 Å². The van der Waals surface area contributed by atoms with Crippen LogP contribution in [0.4, 0.5) is 4.79 Å². The smallest absolute Gasteiger partial charge is 0.407 e. The lowest BCUT2D eigenvalue weighted by atomic mass is 10.1. The third-order valence-electron chi connectivity index (χ3n) is 2.14. The predicted octanol–water partition coefficient (Wildman–Crippen LogP) is 1.79. The largest absolute Gasteiger partial charge is 0.465 e. The van der Waals surface area contributed by atoms with E-state index < -0.39 is 0 Å². The molecule has 0 spiro atoms. The highest BCUT2D eigenvalue weighted by Crippen LogP contribution is 2.13. The molecule has 1 unspecified atom stereocenters. The normalized spacial score (nSPS) is 21.9. The maximum atomic E-state index is 10.8. The first-order chi connectivity index (χ1) is 6.75. The average Bonchev–Trinajstić information content (AvgIpc) is 2.75. The molecule has 1 aromatic rings. The summed E-state index contributed by atoms with van der Waals surface area (Å²) in [5.41, 5.74) is 1.02. The molecule has 74 valence electrons. The molecule has 1 saturated heterocycles. The first-order valence-corrected chi connectivity index (χ1v) is 4.41. The number of rotatable bonds is 2. The molecule has 0 bridgehead atoms. The molecule has 1 aliphatic heterocycles. The molecule has 1 fully saturated rings. The number of carbonyl (C=O) groups is 1. The van der Waals surface area contributed by atoms with Gasteiger partial charge in [0.05, 0.1) is 12.3 Å². The van der Waals surface area contributed by atoms with Crippen LogP contribution in [0, 0.1) is 0 Å². The number of amides is 1. The van der Waals surface area contributed by atoms with E-state index in [1.54, 1.807) is 6.26 Å². The van der Waals surface area contributed by atoms with Gasteiger partial charge in [-0.3, -0.25) is 0 Å². The van der Waals surface area contributed by atoms with Crippen LogP contribution < -0.4 is 5.32 Å². The predicted molar refractivity (Wildman–Crippen MR) is 50.6 cm³/mol. The van der Waals surface area contributed by atoms with E-state index in [1.165, 1.54) is 0 Å². The van der Waals surface area contributed by atoms with Gasteiger partial charge in [-0.25, -0.2) is 4.79 Å². The number of cyclic esters (lactones) is 1. The van der Waals surface area contributed by atoms with Crippen LogP contribution in [0.15, 0.2) is 28.4 Å². The van der Waals surface area contributed by atoms with Crippen molar-refractivity contribution in [3.05, 3.63) is 29.7 Å². The lowest BCUT2D eigenvalue weighted by Gasteiger charge is -2.06. The average molecular weight is 193 g/mol. The van der Waals surface area contributed by atoms with E-state index >= 15 is 0 Å². The van der Waals surface area contributed by atoms with Gasteiger partial charge in [-0.1, -0.05) is 0 Å². The maximum Gasteiger partial charge on any atom is 0.407 e. The van der Waals surface area contributed by atoms with Gasteiger partial charge in [-0.2, -0.15) is 0 Å². The standard InChI is InChI=1S/C10H11NO3/c1-7(5-8-3-2-4-13-8)9-6-14-10(12)11-9/h2-5,9H,6H2,1H3,(H,11,12)/b7-5+. The quantitative estimate of drug-likeness (QED) is 0.779. The van der Waals surface area contributed by atoms with Gasteiger partial charge in [-0.05, 0) is 30.7 Å². The number of ether oxygens (including phenoxy) is 1. The van der Waals surface area contributed by atoms with E-state index in [1.807, 2.05) is 25.1 Å². The zero-order chi connectivity index (χ0) is 9.97. The molecule has 0 aliphatic carbocycles. The minimum Gasteiger partial charge on any atom is -0.465 e. The second-order valence-corrected chi connectivity index (χ2v) is 3.20. The topological polar surface area (TPSA) is 51.5 Å². The number of hydrogen-bond acceptors (Lipinski definition) is 3. The Balaban J connectivity index is 2.08. The van der Waals surface area contributed by atoms with Crippen LogP contribution in [-0.2, 0) is 4.74 Å². The van der Waals surface area contributed by atoms with Gasteiger partial charge >= 0.3 is 6.09 Å². The molecule has 1 aromatic heterocycles. The lowest BCUT2D eigenvalue weighted by molar-refractivity contribution is 0.177. The molecule has 4 nitrogen and oxygen atoms in total. The van der Waals surface area contributed by atoms with E-state index in [2.05, 4.69) is 5.32 Å². The minimum atomic E-state index is -0.359. The van der Waals surface area contributed by atoms with Crippen LogP contribution in [0.3, 0.4) is 0 Å². The van der Waals surface area contributed by atoms with Crippen molar-refractivity contribution in [2.45, 2.75) is 13.0 Å². The van der Waals surface area contributed by atoms with E-state index in [4.69, 9.17) is 9.15 Å². The molecule has 4 heteroatoms. The minimum absolute atomic E-state index is 0.0346. The molecule has 1 N–H and O–H groups in total. The summed E-state index contributed by atoms with van der Waals surface area (Å²) >= 11 is 0. The Labute approximate surface area is 81.5 Å². The van der Waals surface area contributed by atoms with Crippen molar-refractivity contribution in [1.29, 1.82) is 0 Å². The van der Waals surface area contributed by atoms with Crippen molar-refractivity contribution < 1.29 is 13.9 Å². The van der Waals surface area contributed by atoms with Crippen LogP contribution in [0.1, 0.15) is 12.7 Å². The number of nitrogens with one attached hydrogen (secondary N) is 1. The van der Waals surface area contributed by atoms with Crippen LogP contribution in [0.5, 0.6) is 0 Å². The van der Waals surface area contributed by atoms with Gasteiger partial charge in [0.1, 0.15) is 12.4 Å². The van der Waals surface area contributed by atoms with Crippen LogP contribution in [-0.4, -0.2) is 18.7 Å². The summed E-state index contributed by atoms with van der Waals surface area (Å²) in [7, 11) is 0. The zero-order valence-electron chi connectivity index (χ0n) is 7.82. The maximum absolute atomic E-state index is 10.8. The molecular formula is C10H11NO3.